The van der Waals surface area contributed by atoms with Crippen LogP contribution in [0.4, 0.5) is 18.9 Å². The summed E-state index contributed by atoms with van der Waals surface area (Å²) >= 11 is 0. The number of hydrogen-bond donors (Lipinski definition) is 2. The van der Waals surface area contributed by atoms with E-state index < -0.39 is 22.1 Å². The van der Waals surface area contributed by atoms with Crippen LogP contribution in [-0.2, 0) is 16.4 Å². The summed E-state index contributed by atoms with van der Waals surface area (Å²) in [5.41, 5.74) is 3.30. The molecule has 6 nitrogen and oxygen atoms in total. The molecule has 0 aliphatic rings. The average Bonchev–Trinajstić information content (AvgIpc) is 3.20. The lowest BCUT2D eigenvalue weighted by Gasteiger charge is -2.10. The number of benzene rings is 3. The highest BCUT2D eigenvalue weighted by atomic mass is 32.2. The third-order valence-electron chi connectivity index (χ3n) is 4.94. The molecule has 0 radical (unpaired) electrons. The van der Waals surface area contributed by atoms with E-state index in [4.69, 9.17) is 5.14 Å². The summed E-state index contributed by atoms with van der Waals surface area (Å²) in [6.07, 6.45) is -4.63. The second-order valence-electron chi connectivity index (χ2n) is 7.46. The first-order chi connectivity index (χ1) is 15.5. The van der Waals surface area contributed by atoms with Crippen LogP contribution in [0, 0.1) is 6.92 Å². The molecule has 0 atom stereocenters. The van der Waals surface area contributed by atoms with Crippen LogP contribution in [0.3, 0.4) is 0 Å². The highest BCUT2D eigenvalue weighted by Crippen LogP contribution is 2.34. The van der Waals surface area contributed by atoms with Crippen molar-refractivity contribution in [3.8, 4) is 28.1 Å². The molecule has 3 aromatic carbocycles. The van der Waals surface area contributed by atoms with Crippen molar-refractivity contribution in [1.29, 1.82) is 0 Å². The fourth-order valence-corrected chi connectivity index (χ4v) is 3.80. The molecule has 0 aliphatic heterocycles. The Hall–Kier alpha value is -3.63. The van der Waals surface area contributed by atoms with Crippen LogP contribution < -0.4 is 9.86 Å². The molecule has 0 fully saturated rings. The molecule has 4 rings (SSSR count). The van der Waals surface area contributed by atoms with E-state index in [1.807, 2.05) is 43.3 Å². The van der Waals surface area contributed by atoms with Gasteiger partial charge in [0, 0.05) is 11.3 Å². The lowest BCUT2D eigenvalue weighted by atomic mass is 10.0. The molecule has 1 heterocycles. The SMILES string of the molecule is Cc1ccc(-c2ccc(-c3cc(C(F)(F)F)nn3-c3ccc(NS(N)(=O)=O)cc3)cc2)cc1. The molecular formula is C23H19F3N4O2S. The predicted molar refractivity (Wildman–Crippen MR) is 121 cm³/mol. The van der Waals surface area contributed by atoms with Crippen molar-refractivity contribution < 1.29 is 21.6 Å². The van der Waals surface area contributed by atoms with Crippen LogP contribution >= 0.6 is 0 Å². The first-order valence-corrected chi connectivity index (χ1v) is 11.3. The van der Waals surface area contributed by atoms with Crippen molar-refractivity contribution in [2.45, 2.75) is 13.1 Å². The van der Waals surface area contributed by atoms with Gasteiger partial charge in [-0.2, -0.15) is 26.7 Å². The van der Waals surface area contributed by atoms with Gasteiger partial charge < -0.3 is 0 Å². The molecule has 170 valence electrons. The maximum Gasteiger partial charge on any atom is 0.435 e. The maximum atomic E-state index is 13.4. The van der Waals surface area contributed by atoms with E-state index in [9.17, 15) is 21.6 Å². The van der Waals surface area contributed by atoms with Crippen LogP contribution in [0.25, 0.3) is 28.1 Å². The van der Waals surface area contributed by atoms with Gasteiger partial charge in [0.2, 0.25) is 0 Å². The van der Waals surface area contributed by atoms with Gasteiger partial charge in [-0.3, -0.25) is 4.72 Å². The first-order valence-electron chi connectivity index (χ1n) is 9.75. The number of aryl methyl sites for hydroxylation is 1. The molecule has 0 saturated heterocycles. The minimum Gasteiger partial charge on any atom is -0.271 e. The number of nitrogens with two attached hydrogens (primary N) is 1. The Morgan fingerprint density at radius 2 is 1.36 bits per heavy atom. The minimum absolute atomic E-state index is 0.174. The quantitative estimate of drug-likeness (QED) is 0.421. The van der Waals surface area contributed by atoms with Gasteiger partial charge in [-0.05, 0) is 48.4 Å². The fourth-order valence-electron chi connectivity index (χ4n) is 3.34. The molecule has 10 heteroatoms. The summed E-state index contributed by atoms with van der Waals surface area (Å²) in [5, 5.41) is 8.70. The molecule has 1 aromatic heterocycles. The molecule has 4 aromatic rings. The molecule has 0 spiro atoms. The Bertz CT molecular complexity index is 1380. The third-order valence-corrected chi connectivity index (χ3v) is 5.46. The number of nitrogens with one attached hydrogen (secondary N) is 1. The number of hydrogen-bond acceptors (Lipinski definition) is 3. The summed E-state index contributed by atoms with van der Waals surface area (Å²) in [7, 11) is -3.97. The predicted octanol–water partition coefficient (Wildman–Crippen LogP) is 5.15. The zero-order valence-corrected chi connectivity index (χ0v) is 18.2. The van der Waals surface area contributed by atoms with Crippen molar-refractivity contribution in [3.63, 3.8) is 0 Å². The van der Waals surface area contributed by atoms with Gasteiger partial charge in [0.05, 0.1) is 11.4 Å². The number of anilines is 1. The zero-order valence-electron chi connectivity index (χ0n) is 17.3. The second-order valence-corrected chi connectivity index (χ2v) is 8.76. The molecule has 0 bridgehead atoms. The van der Waals surface area contributed by atoms with Crippen molar-refractivity contribution in [2.75, 3.05) is 4.72 Å². The fraction of sp³-hybridized carbons (Fsp3) is 0.0870. The summed E-state index contributed by atoms with van der Waals surface area (Å²) in [4.78, 5) is 0. The summed E-state index contributed by atoms with van der Waals surface area (Å²) < 4.78 is 65.9. The number of nitrogens with zero attached hydrogens (tertiary/aromatic N) is 2. The third kappa shape index (κ3) is 5.24. The summed E-state index contributed by atoms with van der Waals surface area (Å²) in [6, 6.07) is 21.7. The molecule has 33 heavy (non-hydrogen) atoms. The van der Waals surface area contributed by atoms with Gasteiger partial charge in [-0.1, -0.05) is 54.1 Å². The molecule has 0 amide bonds. The van der Waals surface area contributed by atoms with E-state index in [1.54, 1.807) is 12.1 Å². The molecular weight excluding hydrogens is 453 g/mol. The molecule has 0 saturated carbocycles. The van der Waals surface area contributed by atoms with E-state index in [0.717, 1.165) is 22.8 Å². The van der Waals surface area contributed by atoms with Gasteiger partial charge in [0.1, 0.15) is 0 Å². The van der Waals surface area contributed by atoms with Crippen molar-refractivity contribution in [1.82, 2.24) is 9.78 Å². The van der Waals surface area contributed by atoms with Gasteiger partial charge in [0.15, 0.2) is 5.69 Å². The van der Waals surface area contributed by atoms with Gasteiger partial charge >= 0.3 is 6.18 Å². The lowest BCUT2D eigenvalue weighted by Crippen LogP contribution is -2.21. The van der Waals surface area contributed by atoms with Crippen LogP contribution in [0.2, 0.25) is 0 Å². The minimum atomic E-state index is -4.63. The van der Waals surface area contributed by atoms with E-state index in [1.165, 1.54) is 28.9 Å². The lowest BCUT2D eigenvalue weighted by molar-refractivity contribution is -0.141. The normalized spacial score (nSPS) is 12.0. The Morgan fingerprint density at radius 1 is 0.848 bits per heavy atom. The summed E-state index contributed by atoms with van der Waals surface area (Å²) in [6.45, 7) is 1.99. The van der Waals surface area contributed by atoms with E-state index in [-0.39, 0.29) is 11.4 Å². The molecule has 0 unspecified atom stereocenters. The largest absolute Gasteiger partial charge is 0.435 e. The van der Waals surface area contributed by atoms with E-state index in [2.05, 4.69) is 9.82 Å². The number of rotatable bonds is 5. The number of halogens is 3. The second kappa shape index (κ2) is 8.38. The molecule has 0 aliphatic carbocycles. The Balaban J connectivity index is 1.74. The maximum absolute atomic E-state index is 13.4. The van der Waals surface area contributed by atoms with Crippen molar-refractivity contribution in [2.24, 2.45) is 5.14 Å². The molecule has 3 N–H and O–H groups in total. The standard InChI is InChI=1S/C23H19F3N4O2S/c1-15-2-4-16(5-3-15)17-6-8-18(9-7-17)21-14-22(23(24,25)26)28-30(21)20-12-10-19(11-13-20)29-33(27,31)32/h2-14,29H,1H3,(H2,27,31,32). The van der Waals surface area contributed by atoms with Crippen LogP contribution in [0.5, 0.6) is 0 Å². The Labute approximate surface area is 188 Å². The van der Waals surface area contributed by atoms with Gasteiger partial charge in [-0.15, -0.1) is 0 Å². The monoisotopic (exact) mass is 472 g/mol. The zero-order chi connectivity index (χ0) is 23.8. The van der Waals surface area contributed by atoms with Crippen LogP contribution in [-0.4, -0.2) is 18.2 Å². The van der Waals surface area contributed by atoms with Gasteiger partial charge in [0.25, 0.3) is 10.2 Å². The Morgan fingerprint density at radius 3 is 1.88 bits per heavy atom. The average molecular weight is 472 g/mol. The van der Waals surface area contributed by atoms with Crippen molar-refractivity contribution in [3.05, 3.63) is 90.1 Å². The topological polar surface area (TPSA) is 90.0 Å². The number of aromatic nitrogens is 2. The Kier molecular flexibility index (Phi) is 5.73. The van der Waals surface area contributed by atoms with E-state index >= 15 is 0 Å². The van der Waals surface area contributed by atoms with E-state index in [0.29, 0.717) is 11.3 Å². The number of alkyl halides is 3. The first kappa shape index (κ1) is 22.6. The van der Waals surface area contributed by atoms with Gasteiger partial charge in [-0.25, -0.2) is 9.82 Å². The van der Waals surface area contributed by atoms with Crippen molar-refractivity contribution >= 4 is 15.9 Å². The van der Waals surface area contributed by atoms with Crippen LogP contribution in [0.15, 0.2) is 78.9 Å². The highest BCUT2D eigenvalue weighted by Gasteiger charge is 2.35. The van der Waals surface area contributed by atoms with Crippen LogP contribution in [0.1, 0.15) is 11.3 Å². The smallest absolute Gasteiger partial charge is 0.271 e. The summed E-state index contributed by atoms with van der Waals surface area (Å²) in [5.74, 6) is 0. The highest BCUT2D eigenvalue weighted by molar-refractivity contribution is 7.90.